The lowest BCUT2D eigenvalue weighted by Gasteiger charge is -2.26. The van der Waals surface area contributed by atoms with E-state index in [1.165, 1.54) is 0 Å². The van der Waals surface area contributed by atoms with E-state index in [1.807, 2.05) is 12.1 Å². The predicted molar refractivity (Wildman–Crippen MR) is 88.0 cm³/mol. The molecule has 106 valence electrons. The van der Waals surface area contributed by atoms with Gasteiger partial charge in [-0.2, -0.15) is 5.10 Å². The smallest absolute Gasteiger partial charge is 0.159 e. The van der Waals surface area contributed by atoms with Crippen LogP contribution in [0.5, 0.6) is 0 Å². The van der Waals surface area contributed by atoms with Gasteiger partial charge in [0, 0.05) is 30.3 Å². The minimum absolute atomic E-state index is 0.530. The van der Waals surface area contributed by atoms with Crippen molar-refractivity contribution in [2.24, 2.45) is 11.7 Å². The van der Waals surface area contributed by atoms with Crippen LogP contribution in [0.1, 0.15) is 20.3 Å². The minimum Gasteiger partial charge on any atom is -0.393 e. The van der Waals surface area contributed by atoms with Crippen LogP contribution in [-0.2, 0) is 0 Å². The van der Waals surface area contributed by atoms with Gasteiger partial charge in [-0.1, -0.05) is 50.3 Å². The van der Waals surface area contributed by atoms with Crippen LogP contribution < -0.4 is 10.6 Å². The summed E-state index contributed by atoms with van der Waals surface area (Å²) in [6.07, 6.45) is 2.48. The molecule has 0 spiro atoms. The van der Waals surface area contributed by atoms with Crippen molar-refractivity contribution in [3.8, 4) is 0 Å². The number of rotatable bonds is 6. The van der Waals surface area contributed by atoms with Crippen molar-refractivity contribution in [2.75, 3.05) is 18.0 Å². The maximum atomic E-state index is 5.63. The van der Waals surface area contributed by atoms with Gasteiger partial charge in [-0.15, -0.1) is 5.10 Å². The van der Waals surface area contributed by atoms with E-state index in [4.69, 9.17) is 18.0 Å². The number of nitrogens with two attached hydrogens (primary N) is 1. The monoisotopic (exact) mass is 288 g/mol. The lowest BCUT2D eigenvalue weighted by atomic mass is 10.1. The average Bonchev–Trinajstić information content (AvgIpc) is 2.42. The van der Waals surface area contributed by atoms with Gasteiger partial charge in [-0.3, -0.25) is 0 Å². The molecule has 0 aliphatic rings. The van der Waals surface area contributed by atoms with Crippen LogP contribution in [-0.4, -0.2) is 28.3 Å². The quantitative estimate of drug-likeness (QED) is 0.828. The molecule has 0 saturated carbocycles. The Kier molecular flexibility index (Phi) is 4.84. The fourth-order valence-corrected chi connectivity index (χ4v) is 2.31. The first kappa shape index (κ1) is 14.7. The van der Waals surface area contributed by atoms with Gasteiger partial charge >= 0.3 is 0 Å². The normalized spacial score (nSPS) is 10.9. The van der Waals surface area contributed by atoms with Gasteiger partial charge in [0.05, 0.1) is 11.2 Å². The zero-order valence-corrected chi connectivity index (χ0v) is 12.7. The zero-order valence-electron chi connectivity index (χ0n) is 11.9. The molecule has 0 fully saturated rings. The van der Waals surface area contributed by atoms with Gasteiger partial charge in [-0.05, 0) is 5.92 Å². The SMILES string of the molecule is CC(C)CN(CCC(N)=S)c1nncc2ccccc12. The number of nitrogens with zero attached hydrogens (tertiary/aromatic N) is 3. The van der Waals surface area contributed by atoms with Crippen molar-refractivity contribution in [2.45, 2.75) is 20.3 Å². The molecule has 0 aliphatic heterocycles. The zero-order chi connectivity index (χ0) is 14.5. The van der Waals surface area contributed by atoms with E-state index in [2.05, 4.69) is 41.1 Å². The summed E-state index contributed by atoms with van der Waals surface area (Å²) in [7, 11) is 0. The summed E-state index contributed by atoms with van der Waals surface area (Å²) in [5.41, 5.74) is 5.63. The molecule has 2 rings (SSSR count). The number of hydrogen-bond donors (Lipinski definition) is 1. The van der Waals surface area contributed by atoms with Crippen molar-refractivity contribution in [1.29, 1.82) is 0 Å². The molecule has 0 saturated heterocycles. The number of hydrogen-bond acceptors (Lipinski definition) is 4. The van der Waals surface area contributed by atoms with Crippen LogP contribution in [0.25, 0.3) is 10.8 Å². The third kappa shape index (κ3) is 3.63. The second-order valence-corrected chi connectivity index (χ2v) is 5.84. The van der Waals surface area contributed by atoms with Crippen LogP contribution in [0.4, 0.5) is 5.82 Å². The fraction of sp³-hybridized carbons (Fsp3) is 0.400. The molecule has 1 heterocycles. The van der Waals surface area contributed by atoms with Gasteiger partial charge in [-0.25, -0.2) is 0 Å². The Labute approximate surface area is 125 Å². The van der Waals surface area contributed by atoms with E-state index >= 15 is 0 Å². The Morgan fingerprint density at radius 2 is 2.10 bits per heavy atom. The van der Waals surface area contributed by atoms with E-state index in [0.717, 1.165) is 29.7 Å². The third-order valence-electron chi connectivity index (χ3n) is 3.06. The van der Waals surface area contributed by atoms with Gasteiger partial charge in [0.1, 0.15) is 0 Å². The van der Waals surface area contributed by atoms with Crippen molar-refractivity contribution in [3.63, 3.8) is 0 Å². The van der Waals surface area contributed by atoms with Gasteiger partial charge in [0.25, 0.3) is 0 Å². The Balaban J connectivity index is 2.36. The number of fused-ring (bicyclic) bond motifs is 1. The molecule has 20 heavy (non-hydrogen) atoms. The highest BCUT2D eigenvalue weighted by Crippen LogP contribution is 2.24. The number of thiocarbonyl (C=S) groups is 1. The molecule has 0 unspecified atom stereocenters. The maximum Gasteiger partial charge on any atom is 0.159 e. The number of anilines is 1. The van der Waals surface area contributed by atoms with Gasteiger partial charge < -0.3 is 10.6 Å². The van der Waals surface area contributed by atoms with Crippen LogP contribution >= 0.6 is 12.2 Å². The van der Waals surface area contributed by atoms with Gasteiger partial charge in [0.2, 0.25) is 0 Å². The first-order valence-corrected chi connectivity index (χ1v) is 7.22. The summed E-state index contributed by atoms with van der Waals surface area (Å²) in [4.78, 5) is 2.76. The third-order valence-corrected chi connectivity index (χ3v) is 3.27. The standard InChI is InChI=1S/C15H20N4S/c1-11(2)10-19(8-7-14(16)20)15-13-6-4-3-5-12(13)9-17-18-15/h3-6,9,11H,7-8,10H2,1-2H3,(H2,16,20). The molecule has 4 nitrogen and oxygen atoms in total. The molecule has 0 atom stereocenters. The molecular formula is C15H20N4S. The van der Waals surface area contributed by atoms with E-state index in [9.17, 15) is 0 Å². The molecule has 0 amide bonds. The largest absolute Gasteiger partial charge is 0.393 e. The molecule has 5 heteroatoms. The highest BCUT2D eigenvalue weighted by Gasteiger charge is 2.14. The van der Waals surface area contributed by atoms with Crippen molar-refractivity contribution in [3.05, 3.63) is 30.5 Å². The molecule has 0 aliphatic carbocycles. The highest BCUT2D eigenvalue weighted by atomic mass is 32.1. The Bertz CT molecular complexity index is 592. The minimum atomic E-state index is 0.530. The lowest BCUT2D eigenvalue weighted by Crippen LogP contribution is -2.32. The van der Waals surface area contributed by atoms with Crippen LogP contribution in [0.3, 0.4) is 0 Å². The summed E-state index contributed by atoms with van der Waals surface area (Å²) in [5, 5.41) is 10.7. The molecule has 0 radical (unpaired) electrons. The second kappa shape index (κ2) is 6.61. The summed E-state index contributed by atoms with van der Waals surface area (Å²) in [5.74, 6) is 1.44. The molecular weight excluding hydrogens is 268 g/mol. The van der Waals surface area contributed by atoms with Crippen molar-refractivity contribution in [1.82, 2.24) is 10.2 Å². The highest BCUT2D eigenvalue weighted by molar-refractivity contribution is 7.80. The number of benzene rings is 1. The summed E-state index contributed by atoms with van der Waals surface area (Å²) in [6.45, 7) is 6.06. The summed E-state index contributed by atoms with van der Waals surface area (Å²) in [6, 6.07) is 8.16. The first-order valence-electron chi connectivity index (χ1n) is 6.81. The topological polar surface area (TPSA) is 55.0 Å². The molecule has 2 N–H and O–H groups in total. The Morgan fingerprint density at radius 3 is 2.80 bits per heavy atom. The lowest BCUT2D eigenvalue weighted by molar-refractivity contribution is 0.608. The molecule has 1 aromatic carbocycles. The van der Waals surface area contributed by atoms with Crippen LogP contribution in [0.2, 0.25) is 0 Å². The van der Waals surface area contributed by atoms with Crippen LogP contribution in [0.15, 0.2) is 30.5 Å². The summed E-state index contributed by atoms with van der Waals surface area (Å²) < 4.78 is 0. The first-order chi connectivity index (χ1) is 9.58. The predicted octanol–water partition coefficient (Wildman–Crippen LogP) is 2.77. The van der Waals surface area contributed by atoms with E-state index in [-0.39, 0.29) is 0 Å². The van der Waals surface area contributed by atoms with E-state index < -0.39 is 0 Å². The maximum absolute atomic E-state index is 5.63. The summed E-state index contributed by atoms with van der Waals surface area (Å²) >= 11 is 4.99. The Morgan fingerprint density at radius 1 is 1.35 bits per heavy atom. The van der Waals surface area contributed by atoms with Crippen molar-refractivity contribution >= 4 is 33.8 Å². The molecule has 2 aromatic rings. The average molecular weight is 288 g/mol. The van der Waals surface area contributed by atoms with Gasteiger partial charge in [0.15, 0.2) is 5.82 Å². The second-order valence-electron chi connectivity index (χ2n) is 5.31. The molecule has 1 aromatic heterocycles. The van der Waals surface area contributed by atoms with E-state index in [1.54, 1.807) is 6.20 Å². The number of aromatic nitrogens is 2. The van der Waals surface area contributed by atoms with Crippen molar-refractivity contribution < 1.29 is 0 Å². The molecule has 0 bridgehead atoms. The van der Waals surface area contributed by atoms with E-state index in [0.29, 0.717) is 17.3 Å². The van der Waals surface area contributed by atoms with Crippen LogP contribution in [0, 0.1) is 5.92 Å². The Hall–Kier alpha value is -1.75. The fourth-order valence-electron chi connectivity index (χ4n) is 2.22.